The van der Waals surface area contributed by atoms with Crippen LogP contribution in [0.2, 0.25) is 5.02 Å². The van der Waals surface area contributed by atoms with Gasteiger partial charge in [-0.2, -0.15) is 0 Å². The van der Waals surface area contributed by atoms with Crippen LogP contribution in [0.3, 0.4) is 0 Å². The SMILES string of the molecule is O=C(O)c1ccc(NS(=O)(=O)c2cc(Cl)ccc2OCC2CCOC2)cc1. The number of aromatic carboxylic acids is 1. The van der Waals surface area contributed by atoms with Crippen molar-refractivity contribution in [1.29, 1.82) is 0 Å². The summed E-state index contributed by atoms with van der Waals surface area (Å²) in [5, 5.41) is 9.18. The normalized spacial score (nSPS) is 16.9. The molecule has 2 N–H and O–H groups in total. The second-order valence-electron chi connectivity index (χ2n) is 6.12. The summed E-state index contributed by atoms with van der Waals surface area (Å²) in [6, 6.07) is 9.77. The fourth-order valence-electron chi connectivity index (χ4n) is 2.62. The van der Waals surface area contributed by atoms with E-state index in [1.54, 1.807) is 6.07 Å². The lowest BCUT2D eigenvalue weighted by molar-refractivity contribution is 0.0697. The van der Waals surface area contributed by atoms with E-state index in [0.29, 0.717) is 19.8 Å². The molecule has 0 aromatic heterocycles. The number of carbonyl (C=O) groups is 1. The Kier molecular flexibility index (Phi) is 5.88. The maximum Gasteiger partial charge on any atom is 0.335 e. The molecule has 0 spiro atoms. The van der Waals surface area contributed by atoms with Gasteiger partial charge in [-0.05, 0) is 48.9 Å². The van der Waals surface area contributed by atoms with Gasteiger partial charge in [0.2, 0.25) is 0 Å². The molecule has 3 rings (SSSR count). The van der Waals surface area contributed by atoms with Crippen LogP contribution in [0.4, 0.5) is 5.69 Å². The van der Waals surface area contributed by atoms with Crippen molar-refractivity contribution in [3.8, 4) is 5.75 Å². The molecule has 0 amide bonds. The molecule has 0 aliphatic carbocycles. The predicted molar refractivity (Wildman–Crippen MR) is 100 cm³/mol. The van der Waals surface area contributed by atoms with Crippen LogP contribution in [0.25, 0.3) is 0 Å². The minimum atomic E-state index is -3.98. The van der Waals surface area contributed by atoms with Crippen molar-refractivity contribution in [2.24, 2.45) is 5.92 Å². The van der Waals surface area contributed by atoms with E-state index in [-0.39, 0.29) is 32.8 Å². The summed E-state index contributed by atoms with van der Waals surface area (Å²) in [5.41, 5.74) is 0.290. The van der Waals surface area contributed by atoms with Gasteiger partial charge in [-0.25, -0.2) is 13.2 Å². The molecule has 144 valence electrons. The molecule has 27 heavy (non-hydrogen) atoms. The summed E-state index contributed by atoms with van der Waals surface area (Å²) in [6.45, 7) is 1.61. The van der Waals surface area contributed by atoms with Crippen LogP contribution in [0.15, 0.2) is 47.4 Å². The monoisotopic (exact) mass is 411 g/mol. The molecular weight excluding hydrogens is 394 g/mol. The lowest BCUT2D eigenvalue weighted by atomic mass is 10.1. The molecule has 1 saturated heterocycles. The molecule has 9 heteroatoms. The van der Waals surface area contributed by atoms with Gasteiger partial charge >= 0.3 is 5.97 Å². The number of carboxylic acids is 1. The van der Waals surface area contributed by atoms with E-state index in [1.807, 2.05) is 0 Å². The first-order valence-corrected chi connectivity index (χ1v) is 10.1. The van der Waals surface area contributed by atoms with Gasteiger partial charge in [0, 0.05) is 23.2 Å². The molecule has 1 atom stereocenters. The number of rotatable bonds is 7. The maximum absolute atomic E-state index is 12.8. The van der Waals surface area contributed by atoms with E-state index in [0.717, 1.165) is 6.42 Å². The Morgan fingerprint density at radius 1 is 1.26 bits per heavy atom. The number of halogens is 1. The number of ether oxygens (including phenoxy) is 2. The van der Waals surface area contributed by atoms with Gasteiger partial charge < -0.3 is 14.6 Å². The average molecular weight is 412 g/mol. The van der Waals surface area contributed by atoms with Crippen molar-refractivity contribution in [2.75, 3.05) is 24.5 Å². The van der Waals surface area contributed by atoms with Crippen molar-refractivity contribution in [2.45, 2.75) is 11.3 Å². The Labute approximate surface area is 161 Å². The molecular formula is C18H18ClNO6S. The summed E-state index contributed by atoms with van der Waals surface area (Å²) < 4.78 is 39.0. The highest BCUT2D eigenvalue weighted by molar-refractivity contribution is 7.92. The van der Waals surface area contributed by atoms with Crippen LogP contribution in [0, 0.1) is 5.92 Å². The fourth-order valence-corrected chi connectivity index (χ4v) is 4.09. The molecule has 7 nitrogen and oxygen atoms in total. The fraction of sp³-hybridized carbons (Fsp3) is 0.278. The largest absolute Gasteiger partial charge is 0.492 e. The number of sulfonamides is 1. The molecule has 1 fully saturated rings. The van der Waals surface area contributed by atoms with E-state index in [9.17, 15) is 13.2 Å². The van der Waals surface area contributed by atoms with Gasteiger partial charge in [0.05, 0.1) is 18.8 Å². The van der Waals surface area contributed by atoms with Crippen molar-refractivity contribution >= 4 is 33.3 Å². The summed E-state index contributed by atoms with van der Waals surface area (Å²) in [5.74, 6) is -0.681. The zero-order chi connectivity index (χ0) is 19.4. The zero-order valence-corrected chi connectivity index (χ0v) is 15.8. The number of hydrogen-bond donors (Lipinski definition) is 2. The third-order valence-corrected chi connectivity index (χ3v) is 5.72. The van der Waals surface area contributed by atoms with Crippen LogP contribution in [0.1, 0.15) is 16.8 Å². The Morgan fingerprint density at radius 2 is 2.00 bits per heavy atom. The molecule has 1 unspecified atom stereocenters. The molecule has 1 aliphatic rings. The molecule has 0 radical (unpaired) electrons. The third-order valence-electron chi connectivity index (χ3n) is 4.08. The van der Waals surface area contributed by atoms with E-state index >= 15 is 0 Å². The van der Waals surface area contributed by atoms with Crippen molar-refractivity contribution < 1.29 is 27.8 Å². The van der Waals surface area contributed by atoms with Crippen LogP contribution in [-0.2, 0) is 14.8 Å². The minimum absolute atomic E-state index is 0.0588. The van der Waals surface area contributed by atoms with Gasteiger partial charge in [-0.15, -0.1) is 0 Å². The number of hydrogen-bond acceptors (Lipinski definition) is 5. The number of anilines is 1. The summed E-state index contributed by atoms with van der Waals surface area (Å²) in [6.07, 6.45) is 0.865. The van der Waals surface area contributed by atoms with E-state index in [1.165, 1.54) is 36.4 Å². The van der Waals surface area contributed by atoms with Crippen molar-refractivity contribution in [3.63, 3.8) is 0 Å². The highest BCUT2D eigenvalue weighted by Gasteiger charge is 2.23. The van der Waals surface area contributed by atoms with Gasteiger partial charge in [0.1, 0.15) is 10.6 Å². The summed E-state index contributed by atoms with van der Waals surface area (Å²) >= 11 is 5.98. The molecule has 0 bridgehead atoms. The first kappa shape index (κ1) is 19.5. The molecule has 2 aromatic rings. The Morgan fingerprint density at radius 3 is 2.63 bits per heavy atom. The number of benzene rings is 2. The van der Waals surface area contributed by atoms with Crippen molar-refractivity contribution in [1.82, 2.24) is 0 Å². The quantitative estimate of drug-likeness (QED) is 0.725. The summed E-state index contributed by atoms with van der Waals surface area (Å²) in [4.78, 5) is 10.8. The van der Waals surface area contributed by atoms with E-state index < -0.39 is 16.0 Å². The molecule has 2 aromatic carbocycles. The topological polar surface area (TPSA) is 102 Å². The van der Waals surface area contributed by atoms with Crippen LogP contribution in [-0.4, -0.2) is 39.3 Å². The predicted octanol–water partition coefficient (Wildman–Crippen LogP) is 3.25. The lowest BCUT2D eigenvalue weighted by Gasteiger charge is -2.15. The van der Waals surface area contributed by atoms with Crippen LogP contribution >= 0.6 is 11.6 Å². The van der Waals surface area contributed by atoms with Crippen LogP contribution in [0.5, 0.6) is 5.75 Å². The van der Waals surface area contributed by atoms with Crippen LogP contribution < -0.4 is 9.46 Å². The minimum Gasteiger partial charge on any atom is -0.492 e. The highest BCUT2D eigenvalue weighted by Crippen LogP contribution is 2.30. The average Bonchev–Trinajstić information content (AvgIpc) is 3.14. The standard InChI is InChI=1S/C18H18ClNO6S/c19-14-3-6-16(26-11-12-7-8-25-10-12)17(9-14)27(23,24)20-15-4-1-13(2-5-15)18(21)22/h1-6,9,12,20H,7-8,10-11H2,(H,21,22). The Balaban J connectivity index is 1.81. The van der Waals surface area contributed by atoms with E-state index in [2.05, 4.69) is 4.72 Å². The second-order valence-corrected chi connectivity index (χ2v) is 8.21. The second kappa shape index (κ2) is 8.16. The Hall–Kier alpha value is -2.29. The lowest BCUT2D eigenvalue weighted by Crippen LogP contribution is -2.17. The Bertz CT molecular complexity index is 923. The van der Waals surface area contributed by atoms with Crippen molar-refractivity contribution in [3.05, 3.63) is 53.1 Å². The molecule has 1 heterocycles. The summed E-state index contributed by atoms with van der Waals surface area (Å²) in [7, 11) is -3.98. The maximum atomic E-state index is 12.8. The number of carboxylic acid groups (broad SMARTS) is 1. The first-order valence-electron chi connectivity index (χ1n) is 8.21. The first-order chi connectivity index (χ1) is 12.8. The van der Waals surface area contributed by atoms with E-state index in [4.69, 9.17) is 26.2 Å². The number of nitrogens with one attached hydrogen (secondary N) is 1. The third kappa shape index (κ3) is 4.91. The zero-order valence-electron chi connectivity index (χ0n) is 14.2. The van der Waals surface area contributed by atoms with Gasteiger partial charge in [0.25, 0.3) is 10.0 Å². The van der Waals surface area contributed by atoms with Gasteiger partial charge in [-0.1, -0.05) is 11.6 Å². The molecule has 1 aliphatic heterocycles. The molecule has 0 saturated carbocycles. The van der Waals surface area contributed by atoms with Gasteiger partial charge in [-0.3, -0.25) is 4.72 Å². The highest BCUT2D eigenvalue weighted by atomic mass is 35.5. The van der Waals surface area contributed by atoms with Gasteiger partial charge in [0.15, 0.2) is 0 Å². The smallest absolute Gasteiger partial charge is 0.335 e.